The number of aliphatic carboxylic acids is 1. The number of amides is 2. The average molecular weight is 533 g/mol. The standard InChI is InChI=1S/C21H20N6O5S3/c1-10-3-4-11(7-23-10)5-6-33-13-9-34-19-15(18(29)27(19)16(13)20(30)31)25-17(28)14(26-32-2)12-8-35-21(22)24-12/h3-8,15,19H,9H2,1-2H3,(H2,22,24)(H,25,28)(H,30,31)/b6-5-,26-14-/t15?,19-/m1/s1. The van der Waals surface area contributed by atoms with Gasteiger partial charge in [0, 0.05) is 27.9 Å². The number of nitrogens with zero attached hydrogens (tertiary/aromatic N) is 4. The lowest BCUT2D eigenvalue weighted by molar-refractivity contribution is -0.150. The third kappa shape index (κ3) is 5.18. The van der Waals surface area contributed by atoms with Gasteiger partial charge in [-0.05, 0) is 30.0 Å². The van der Waals surface area contributed by atoms with E-state index in [4.69, 9.17) is 10.6 Å². The quantitative estimate of drug-likeness (QED) is 0.260. The zero-order valence-corrected chi connectivity index (χ0v) is 20.9. The van der Waals surface area contributed by atoms with Crippen LogP contribution in [0.1, 0.15) is 17.0 Å². The van der Waals surface area contributed by atoms with Gasteiger partial charge in [0.05, 0.1) is 0 Å². The van der Waals surface area contributed by atoms with Crippen LogP contribution < -0.4 is 11.1 Å². The van der Waals surface area contributed by atoms with Crippen molar-refractivity contribution in [3.05, 3.63) is 56.7 Å². The number of aromatic nitrogens is 2. The predicted molar refractivity (Wildman–Crippen MR) is 135 cm³/mol. The van der Waals surface area contributed by atoms with Crippen molar-refractivity contribution >= 4 is 69.6 Å². The Morgan fingerprint density at radius 2 is 2.23 bits per heavy atom. The Balaban J connectivity index is 1.48. The Morgan fingerprint density at radius 3 is 2.86 bits per heavy atom. The fourth-order valence-electron chi connectivity index (χ4n) is 3.36. The topological polar surface area (TPSA) is 160 Å². The number of carbonyl (C=O) groups is 3. The van der Waals surface area contributed by atoms with Crippen molar-refractivity contribution in [1.82, 2.24) is 20.2 Å². The summed E-state index contributed by atoms with van der Waals surface area (Å²) in [5.41, 5.74) is 7.41. The van der Waals surface area contributed by atoms with Crippen LogP contribution in [-0.2, 0) is 19.2 Å². The van der Waals surface area contributed by atoms with Crippen molar-refractivity contribution in [2.45, 2.75) is 18.3 Å². The van der Waals surface area contributed by atoms with Crippen molar-refractivity contribution in [1.29, 1.82) is 0 Å². The first-order valence-corrected chi connectivity index (χ1v) is 12.9. The molecular weight excluding hydrogens is 512 g/mol. The van der Waals surface area contributed by atoms with Crippen LogP contribution in [0.4, 0.5) is 5.13 Å². The number of carboxylic acids is 1. The highest BCUT2D eigenvalue weighted by Crippen LogP contribution is 2.43. The molecule has 0 aromatic carbocycles. The number of thioether (sulfide) groups is 2. The summed E-state index contributed by atoms with van der Waals surface area (Å²) in [4.78, 5) is 52.5. The number of rotatable bonds is 8. The molecule has 1 unspecified atom stereocenters. The molecule has 2 aromatic rings. The third-order valence-corrected chi connectivity index (χ3v) is 8.02. The summed E-state index contributed by atoms with van der Waals surface area (Å²) in [5.74, 6) is -2.04. The Bertz CT molecular complexity index is 1260. The van der Waals surface area contributed by atoms with Crippen molar-refractivity contribution < 1.29 is 24.3 Å². The summed E-state index contributed by atoms with van der Waals surface area (Å²) < 4.78 is 0. The van der Waals surface area contributed by atoms with E-state index in [1.54, 1.807) is 17.0 Å². The van der Waals surface area contributed by atoms with Crippen molar-refractivity contribution in [2.24, 2.45) is 5.16 Å². The molecule has 2 aliphatic heterocycles. The first-order chi connectivity index (χ1) is 16.8. The first-order valence-electron chi connectivity index (χ1n) is 10.1. The summed E-state index contributed by atoms with van der Waals surface area (Å²) in [7, 11) is 1.28. The normalized spacial score (nSPS) is 20.0. The number of hydrogen-bond acceptors (Lipinski definition) is 11. The monoisotopic (exact) mass is 532 g/mol. The molecular formula is C21H20N6O5S3. The number of thiazole rings is 1. The highest BCUT2D eigenvalue weighted by molar-refractivity contribution is 8.08. The molecule has 4 rings (SSSR count). The van der Waals surface area contributed by atoms with Gasteiger partial charge in [-0.2, -0.15) is 0 Å². The van der Waals surface area contributed by atoms with E-state index in [9.17, 15) is 19.5 Å². The van der Waals surface area contributed by atoms with Gasteiger partial charge in [-0.15, -0.1) is 23.1 Å². The number of anilines is 1. The maximum absolute atomic E-state index is 12.9. The average Bonchev–Trinajstić information content (AvgIpc) is 3.27. The van der Waals surface area contributed by atoms with Gasteiger partial charge in [-0.25, -0.2) is 9.78 Å². The summed E-state index contributed by atoms with van der Waals surface area (Å²) in [6.07, 6.45) is 3.54. The zero-order chi connectivity index (χ0) is 25.1. The zero-order valence-electron chi connectivity index (χ0n) is 18.5. The van der Waals surface area contributed by atoms with Gasteiger partial charge < -0.3 is 21.0 Å². The molecule has 0 bridgehead atoms. The number of oxime groups is 1. The molecule has 182 valence electrons. The number of carboxylic acid groups (broad SMARTS) is 1. The second-order valence-electron chi connectivity index (χ2n) is 7.28. The Labute approximate surface area is 212 Å². The van der Waals surface area contributed by atoms with E-state index in [-0.39, 0.29) is 22.2 Å². The second-order valence-corrected chi connectivity index (χ2v) is 10.3. The second kappa shape index (κ2) is 10.5. The summed E-state index contributed by atoms with van der Waals surface area (Å²) >= 11 is 3.73. The number of nitrogen functional groups attached to an aromatic ring is 1. The highest BCUT2D eigenvalue weighted by Gasteiger charge is 2.54. The van der Waals surface area contributed by atoms with Gasteiger partial charge in [-0.3, -0.25) is 19.5 Å². The van der Waals surface area contributed by atoms with Crippen LogP contribution in [0.2, 0.25) is 0 Å². The molecule has 14 heteroatoms. The Hall–Kier alpha value is -3.36. The minimum atomic E-state index is -1.21. The van der Waals surface area contributed by atoms with Gasteiger partial charge >= 0.3 is 5.97 Å². The van der Waals surface area contributed by atoms with Crippen LogP contribution >= 0.6 is 34.9 Å². The molecule has 1 saturated heterocycles. The lowest BCUT2D eigenvalue weighted by Crippen LogP contribution is -2.71. The van der Waals surface area contributed by atoms with E-state index in [2.05, 4.69) is 20.4 Å². The molecule has 2 amide bonds. The van der Waals surface area contributed by atoms with Crippen LogP contribution in [0.25, 0.3) is 6.08 Å². The fourth-order valence-corrected chi connectivity index (χ4v) is 6.26. The SMILES string of the molecule is CO/N=C(\C(=O)NC1C(=O)N2C(C(=O)O)=C(S/C=C\c3ccc(C)nc3)CS[C@H]12)c1csc(N)n1. The largest absolute Gasteiger partial charge is 0.477 e. The number of nitrogens with two attached hydrogens (primary N) is 1. The molecule has 2 aliphatic rings. The van der Waals surface area contributed by atoms with Gasteiger partial charge in [0.1, 0.15) is 29.9 Å². The molecule has 2 aromatic heterocycles. The molecule has 35 heavy (non-hydrogen) atoms. The molecule has 2 atom stereocenters. The molecule has 4 N–H and O–H groups in total. The lowest BCUT2D eigenvalue weighted by Gasteiger charge is -2.49. The van der Waals surface area contributed by atoms with Crippen LogP contribution in [0.3, 0.4) is 0 Å². The smallest absolute Gasteiger partial charge is 0.353 e. The van der Waals surface area contributed by atoms with Crippen molar-refractivity contribution in [3.8, 4) is 0 Å². The molecule has 0 radical (unpaired) electrons. The number of aryl methyl sites for hydroxylation is 1. The van der Waals surface area contributed by atoms with Crippen LogP contribution in [0, 0.1) is 6.92 Å². The maximum Gasteiger partial charge on any atom is 0.353 e. The molecule has 11 nitrogen and oxygen atoms in total. The van der Waals surface area contributed by atoms with E-state index in [0.717, 1.165) is 22.6 Å². The number of carbonyl (C=O) groups excluding carboxylic acids is 2. The summed E-state index contributed by atoms with van der Waals surface area (Å²) in [6.45, 7) is 1.89. The van der Waals surface area contributed by atoms with E-state index >= 15 is 0 Å². The van der Waals surface area contributed by atoms with Gasteiger partial charge in [0.15, 0.2) is 10.8 Å². The maximum atomic E-state index is 12.9. The lowest BCUT2D eigenvalue weighted by atomic mass is 10.0. The minimum Gasteiger partial charge on any atom is -0.477 e. The molecule has 4 heterocycles. The molecule has 0 saturated carbocycles. The van der Waals surface area contributed by atoms with E-state index in [0.29, 0.717) is 10.7 Å². The van der Waals surface area contributed by atoms with Crippen LogP contribution in [-0.4, -0.2) is 67.7 Å². The number of fused-ring (bicyclic) bond motifs is 1. The van der Waals surface area contributed by atoms with E-state index in [1.807, 2.05) is 25.1 Å². The molecule has 0 aliphatic carbocycles. The van der Waals surface area contributed by atoms with E-state index < -0.39 is 29.2 Å². The fraction of sp³-hybridized carbons (Fsp3) is 0.238. The highest BCUT2D eigenvalue weighted by atomic mass is 32.2. The minimum absolute atomic E-state index is 0.0843. The first kappa shape index (κ1) is 24.8. The van der Waals surface area contributed by atoms with Gasteiger partial charge in [0.2, 0.25) is 0 Å². The summed E-state index contributed by atoms with van der Waals surface area (Å²) in [5, 5.41) is 19.2. The van der Waals surface area contributed by atoms with Gasteiger partial charge in [-0.1, -0.05) is 23.0 Å². The molecule has 0 spiro atoms. The van der Waals surface area contributed by atoms with Crippen LogP contribution in [0.15, 0.2) is 44.9 Å². The third-order valence-electron chi connectivity index (χ3n) is 4.99. The van der Waals surface area contributed by atoms with Crippen molar-refractivity contribution in [3.63, 3.8) is 0 Å². The van der Waals surface area contributed by atoms with Gasteiger partial charge in [0.25, 0.3) is 11.8 Å². The predicted octanol–water partition coefficient (Wildman–Crippen LogP) is 1.88. The number of nitrogens with one attached hydrogen (secondary N) is 1. The van der Waals surface area contributed by atoms with Crippen LogP contribution in [0.5, 0.6) is 0 Å². The summed E-state index contributed by atoms with van der Waals surface area (Å²) in [6, 6.07) is 2.87. The Morgan fingerprint density at radius 1 is 1.43 bits per heavy atom. The van der Waals surface area contributed by atoms with E-state index in [1.165, 1.54) is 35.5 Å². The Kier molecular flexibility index (Phi) is 7.42. The number of pyridine rings is 1. The van der Waals surface area contributed by atoms with Crippen molar-refractivity contribution in [2.75, 3.05) is 18.6 Å². The number of β-lactam (4-membered cyclic amide) rings is 1. The number of hydrogen-bond donors (Lipinski definition) is 3. The molecule has 1 fully saturated rings.